The molecule has 8 rings (SSSR count). The summed E-state index contributed by atoms with van der Waals surface area (Å²) in [7, 11) is 5.32. The molecule has 4 aromatic heterocycles. The Labute approximate surface area is 599 Å². The number of carbonyl (C=O) groups is 8. The van der Waals surface area contributed by atoms with Crippen molar-refractivity contribution in [3.8, 4) is 0 Å². The van der Waals surface area contributed by atoms with Crippen LogP contribution in [0.15, 0.2) is 73.3 Å². The lowest BCUT2D eigenvalue weighted by Gasteiger charge is -2.36. The molecule has 0 aliphatic carbocycles. The molecule has 8 heterocycles. The zero-order valence-corrected chi connectivity index (χ0v) is 62.7. The number of ether oxygens (including phenoxy) is 10. The summed E-state index contributed by atoms with van der Waals surface area (Å²) in [4.78, 5) is 119. The van der Waals surface area contributed by atoms with Gasteiger partial charge in [-0.1, -0.05) is 6.92 Å². The van der Waals surface area contributed by atoms with E-state index in [4.69, 9.17) is 28.4 Å². The van der Waals surface area contributed by atoms with Crippen LogP contribution in [-0.4, -0.2) is 271 Å². The van der Waals surface area contributed by atoms with Gasteiger partial charge in [0.05, 0.1) is 57.3 Å². The monoisotopic (exact) mass is 1440 g/mol. The number of aromatic nitrogens is 4. The second-order valence-corrected chi connectivity index (χ2v) is 27.1. The van der Waals surface area contributed by atoms with Crippen LogP contribution < -0.4 is 25.3 Å². The van der Waals surface area contributed by atoms with Crippen molar-refractivity contribution in [2.24, 2.45) is 0 Å². The predicted molar refractivity (Wildman–Crippen MR) is 380 cm³/mol. The fraction of sp³-hybridized carbons (Fsp3) is 0.606. The van der Waals surface area contributed by atoms with E-state index < -0.39 is 34.7 Å². The molecule has 0 saturated carbocycles. The van der Waals surface area contributed by atoms with E-state index >= 15 is 0 Å². The van der Waals surface area contributed by atoms with Gasteiger partial charge >= 0.3 is 48.0 Å². The third kappa shape index (κ3) is 36.1. The highest BCUT2D eigenvalue weighted by Gasteiger charge is 2.28. The average molecular weight is 1440 g/mol. The van der Waals surface area contributed by atoms with E-state index in [0.29, 0.717) is 56.1 Å². The minimum atomic E-state index is -0.613. The molecule has 0 bridgehead atoms. The van der Waals surface area contributed by atoms with Gasteiger partial charge < -0.3 is 82.5 Å². The van der Waals surface area contributed by atoms with Crippen LogP contribution in [0.25, 0.3) is 0 Å². The van der Waals surface area contributed by atoms with E-state index in [0.717, 1.165) is 121 Å². The number of amides is 2. The van der Waals surface area contributed by atoms with Gasteiger partial charge in [0, 0.05) is 143 Å². The molecular weight excluding hydrogens is 1330 g/mol. The fourth-order valence-electron chi connectivity index (χ4n) is 9.15. The average Bonchev–Trinajstić information content (AvgIpc) is 0.850. The minimum Gasteiger partial charge on any atom is -0.465 e. The molecule has 4 aliphatic heterocycles. The van der Waals surface area contributed by atoms with Gasteiger partial charge in [-0.25, -0.2) is 58.3 Å². The van der Waals surface area contributed by atoms with Crippen molar-refractivity contribution < 1.29 is 90.1 Å². The second-order valence-electron chi connectivity index (χ2n) is 27.1. The molecule has 0 spiro atoms. The van der Waals surface area contributed by atoms with Crippen molar-refractivity contribution in [2.45, 2.75) is 119 Å². The summed E-state index contributed by atoms with van der Waals surface area (Å²) in [6, 6.07) is 13.1. The Kier molecular flexibility index (Phi) is 38.1. The number of nitrogens with one attached hydrogen (secondary N) is 2. The van der Waals surface area contributed by atoms with Crippen molar-refractivity contribution in [1.29, 1.82) is 0 Å². The third-order valence-electron chi connectivity index (χ3n) is 14.0. The standard InChI is InChI=1S/C19H29N3O5.C16H23N3O4.C11H15N3O2.C9H18N2O2.C9H18O3.C7H6FNO2/c1-19(2,3)27-17(23)14-26-12-11-21-7-9-22(10-8-21)16-6-5-15(13-20-16)18(24)25-4;1-16(2,3)23-15(21)19-9-7-18(8-10-19)13-6-5-12(11-17-13)14(20)22-4;1-16-11(15)9-2-3-10(13-8-9)14-6-4-12-5-7-14;1-9(2,3)13-8(12)11-6-4-10-5-7-11;1-5-6-11-7-8(10)12-9(2,3)4;1-11-7(10)5-2-3-6(8)9-4-5/h5-6,13H,7-12,14H2,1-4H3;5-6,11H,7-10H2,1-4H3;2-3,8,12H,4-7H2,1H3;10H,4-7H2,1-3H3;5-7H2,1-4H3;2-4H,1H3. The van der Waals surface area contributed by atoms with E-state index in [1.807, 2.05) is 102 Å². The molecule has 30 nitrogen and oxygen atoms in total. The molecule has 0 radical (unpaired) electrons. The molecule has 4 aromatic rings. The lowest BCUT2D eigenvalue weighted by atomic mass is 10.2. The molecule has 0 atom stereocenters. The molecule has 2 amide bonds. The highest BCUT2D eigenvalue weighted by Crippen LogP contribution is 2.19. The SMILES string of the molecule is CC(C)(C)OC(=O)N1CCNCC1.CCCOCC(=O)OC(C)(C)C.COC(=O)c1ccc(F)nc1.COC(=O)c1ccc(N2CCN(C(=O)OC(C)(C)C)CC2)nc1.COC(=O)c1ccc(N2CCN(CCOCC(=O)OC(C)(C)C)CC2)nc1.COC(=O)c1ccc(N2CCNCC2)nc1. The quantitative estimate of drug-likeness (QED) is 0.0487. The molecule has 102 heavy (non-hydrogen) atoms. The first-order valence-corrected chi connectivity index (χ1v) is 33.8. The first-order valence-electron chi connectivity index (χ1n) is 33.8. The van der Waals surface area contributed by atoms with Gasteiger partial charge in [0.15, 0.2) is 0 Å². The van der Waals surface area contributed by atoms with Gasteiger partial charge in [0.1, 0.15) is 53.1 Å². The van der Waals surface area contributed by atoms with Gasteiger partial charge in [-0.2, -0.15) is 4.39 Å². The van der Waals surface area contributed by atoms with Crippen molar-refractivity contribution in [3.05, 3.63) is 102 Å². The van der Waals surface area contributed by atoms with Crippen molar-refractivity contribution in [2.75, 3.05) is 181 Å². The highest BCUT2D eigenvalue weighted by molar-refractivity contribution is 5.90. The predicted octanol–water partition coefficient (Wildman–Crippen LogP) is 7.14. The van der Waals surface area contributed by atoms with Gasteiger partial charge in [-0.3, -0.25) is 4.90 Å². The van der Waals surface area contributed by atoms with E-state index in [1.54, 1.807) is 40.3 Å². The van der Waals surface area contributed by atoms with Crippen LogP contribution in [0.2, 0.25) is 0 Å². The zero-order valence-electron chi connectivity index (χ0n) is 62.7. The first-order chi connectivity index (χ1) is 48.1. The van der Waals surface area contributed by atoms with Crippen molar-refractivity contribution in [1.82, 2.24) is 45.3 Å². The van der Waals surface area contributed by atoms with Crippen LogP contribution >= 0.6 is 0 Å². The third-order valence-corrected chi connectivity index (χ3v) is 14.0. The number of carbonyl (C=O) groups excluding carboxylic acids is 8. The topological polar surface area (TPSA) is 324 Å². The fourth-order valence-corrected chi connectivity index (χ4v) is 9.15. The summed E-state index contributed by atoms with van der Waals surface area (Å²) in [5.41, 5.74) is -0.172. The van der Waals surface area contributed by atoms with Crippen molar-refractivity contribution >= 4 is 65.5 Å². The Morgan fingerprint density at radius 2 is 0.716 bits per heavy atom. The van der Waals surface area contributed by atoms with Gasteiger partial charge in [-0.05, 0) is 138 Å². The highest BCUT2D eigenvalue weighted by atomic mass is 19.1. The number of hydrogen-bond acceptors (Lipinski definition) is 28. The maximum atomic E-state index is 12.2. The van der Waals surface area contributed by atoms with E-state index in [2.05, 4.69) is 69.1 Å². The Morgan fingerprint density at radius 1 is 0.402 bits per heavy atom. The van der Waals surface area contributed by atoms with Crippen LogP contribution in [-0.2, 0) is 57.0 Å². The molecule has 2 N–H and O–H groups in total. The lowest BCUT2D eigenvalue weighted by Crippen LogP contribution is -2.50. The molecular formula is C71H109FN12O18. The Morgan fingerprint density at radius 3 is 1.03 bits per heavy atom. The smallest absolute Gasteiger partial charge is 0.410 e. The molecule has 4 fully saturated rings. The van der Waals surface area contributed by atoms with Crippen molar-refractivity contribution in [3.63, 3.8) is 0 Å². The maximum Gasteiger partial charge on any atom is 0.410 e. The Balaban J connectivity index is 0.000000329. The molecule has 0 aromatic carbocycles. The summed E-state index contributed by atoms with van der Waals surface area (Å²) in [5.74, 6) is -0.359. The Hall–Kier alpha value is -8.91. The number of halogens is 1. The van der Waals surface area contributed by atoms with Crippen LogP contribution in [0, 0.1) is 5.95 Å². The summed E-state index contributed by atoms with van der Waals surface area (Å²) in [5, 5.41) is 6.46. The minimum absolute atomic E-state index is 0.0201. The number of hydrogen-bond donors (Lipinski definition) is 2. The largest absolute Gasteiger partial charge is 0.465 e. The normalized spacial score (nSPS) is 14.7. The van der Waals surface area contributed by atoms with E-state index in [9.17, 15) is 42.7 Å². The number of anilines is 3. The van der Waals surface area contributed by atoms with Gasteiger partial charge in [-0.15, -0.1) is 0 Å². The number of esters is 6. The number of methoxy groups -OCH3 is 4. The van der Waals surface area contributed by atoms with Crippen LogP contribution in [0.5, 0.6) is 0 Å². The van der Waals surface area contributed by atoms with E-state index in [-0.39, 0.29) is 60.4 Å². The molecule has 568 valence electrons. The van der Waals surface area contributed by atoms with Crippen LogP contribution in [0.1, 0.15) is 138 Å². The molecule has 0 unspecified atom stereocenters. The van der Waals surface area contributed by atoms with Gasteiger partial charge in [0.2, 0.25) is 5.95 Å². The summed E-state index contributed by atoms with van der Waals surface area (Å²) >= 11 is 0. The zero-order chi connectivity index (χ0) is 76.1. The number of piperazine rings is 4. The molecule has 4 aliphatic rings. The summed E-state index contributed by atoms with van der Waals surface area (Å²) in [6.07, 6.45) is 6.16. The van der Waals surface area contributed by atoms with Crippen LogP contribution in [0.3, 0.4) is 0 Å². The summed E-state index contributed by atoms with van der Waals surface area (Å²) in [6.45, 7) is 39.1. The second kappa shape index (κ2) is 44.5. The number of pyridine rings is 4. The molecule has 4 saturated heterocycles. The summed E-state index contributed by atoms with van der Waals surface area (Å²) < 4.78 is 61.8. The number of rotatable bonds is 16. The Bertz CT molecular complexity index is 3150. The maximum absolute atomic E-state index is 12.2. The first kappa shape index (κ1) is 87.3. The van der Waals surface area contributed by atoms with E-state index in [1.165, 1.54) is 46.9 Å². The number of nitrogens with zero attached hydrogens (tertiary/aromatic N) is 10. The van der Waals surface area contributed by atoms with Gasteiger partial charge in [0.25, 0.3) is 0 Å². The molecule has 31 heteroatoms. The van der Waals surface area contributed by atoms with Crippen LogP contribution in [0.4, 0.5) is 31.4 Å². The lowest BCUT2D eigenvalue weighted by molar-refractivity contribution is -0.161.